The Labute approximate surface area is 203 Å². The number of hydrogen-bond donors (Lipinski definition) is 3. The van der Waals surface area contributed by atoms with Crippen molar-refractivity contribution < 1.29 is 33.8 Å². The third-order valence-electron chi connectivity index (χ3n) is 5.87. The molecule has 9 nitrogen and oxygen atoms in total. The first-order chi connectivity index (χ1) is 16.8. The molecule has 0 bridgehead atoms. The van der Waals surface area contributed by atoms with Gasteiger partial charge < -0.3 is 19.9 Å². The first-order valence-corrected chi connectivity index (χ1v) is 11.6. The van der Waals surface area contributed by atoms with Crippen LogP contribution in [0.4, 0.5) is 4.79 Å². The molecule has 3 N–H and O–H groups in total. The van der Waals surface area contributed by atoms with Gasteiger partial charge in [0.15, 0.2) is 0 Å². The topological polar surface area (TPSA) is 131 Å². The Hall–Kier alpha value is -3.88. The number of fused-ring (bicyclic) bond motifs is 3. The van der Waals surface area contributed by atoms with Gasteiger partial charge in [-0.3, -0.25) is 14.9 Å². The van der Waals surface area contributed by atoms with Crippen LogP contribution >= 0.6 is 0 Å². The summed E-state index contributed by atoms with van der Waals surface area (Å²) in [6.07, 6.45) is -0.588. The highest BCUT2D eigenvalue weighted by molar-refractivity contribution is 6.04. The van der Waals surface area contributed by atoms with Crippen molar-refractivity contribution in [2.75, 3.05) is 19.8 Å². The van der Waals surface area contributed by atoms with Crippen LogP contribution in [0.15, 0.2) is 48.5 Å². The molecule has 1 aliphatic rings. The number of hydrogen-bond acceptors (Lipinski definition) is 6. The summed E-state index contributed by atoms with van der Waals surface area (Å²) in [6.45, 7) is 3.58. The number of carboxylic acid groups (broad SMARTS) is 1. The second-order valence-corrected chi connectivity index (χ2v) is 8.44. The summed E-state index contributed by atoms with van der Waals surface area (Å²) in [7, 11) is 0. The van der Waals surface area contributed by atoms with E-state index in [-0.39, 0.29) is 38.0 Å². The van der Waals surface area contributed by atoms with E-state index >= 15 is 0 Å². The third kappa shape index (κ3) is 6.59. The van der Waals surface area contributed by atoms with Gasteiger partial charge in [0.2, 0.25) is 6.04 Å². The van der Waals surface area contributed by atoms with Gasteiger partial charge >= 0.3 is 18.0 Å². The maximum absolute atomic E-state index is 12.6. The van der Waals surface area contributed by atoms with E-state index < -0.39 is 30.0 Å². The number of nitrogens with one attached hydrogen (secondary N) is 2. The number of esters is 1. The SMILES string of the molecule is CCOC(=O)C(NC(=O)OCC1c2ccccc2-c2ccccc21)C(=O)NCC(C)CCC(=O)O. The number of carbonyl (C=O) groups excluding carboxylic acids is 3. The number of amides is 2. The molecule has 2 aromatic carbocycles. The summed E-state index contributed by atoms with van der Waals surface area (Å²) in [5.74, 6) is -2.88. The summed E-state index contributed by atoms with van der Waals surface area (Å²) < 4.78 is 10.4. The van der Waals surface area contributed by atoms with E-state index in [2.05, 4.69) is 10.6 Å². The van der Waals surface area contributed by atoms with Gasteiger partial charge in [0.05, 0.1) is 6.61 Å². The molecule has 0 fully saturated rings. The van der Waals surface area contributed by atoms with Crippen LogP contribution in [0.2, 0.25) is 0 Å². The van der Waals surface area contributed by atoms with Crippen molar-refractivity contribution in [3.05, 3.63) is 59.7 Å². The monoisotopic (exact) mass is 482 g/mol. The van der Waals surface area contributed by atoms with Crippen LogP contribution in [0, 0.1) is 5.92 Å². The van der Waals surface area contributed by atoms with E-state index in [1.54, 1.807) is 13.8 Å². The number of carboxylic acids is 1. The summed E-state index contributed by atoms with van der Waals surface area (Å²) >= 11 is 0. The smallest absolute Gasteiger partial charge is 0.408 e. The first kappa shape index (κ1) is 25.7. The molecule has 2 atom stereocenters. The molecule has 2 unspecified atom stereocenters. The van der Waals surface area contributed by atoms with Crippen LogP contribution in [-0.4, -0.2) is 54.8 Å². The molecule has 0 radical (unpaired) electrons. The molecule has 2 aromatic rings. The van der Waals surface area contributed by atoms with Crippen molar-refractivity contribution in [3.8, 4) is 11.1 Å². The Bertz CT molecular complexity index is 1040. The van der Waals surface area contributed by atoms with Gasteiger partial charge in [0.25, 0.3) is 5.91 Å². The highest BCUT2D eigenvalue weighted by Crippen LogP contribution is 2.44. The second kappa shape index (κ2) is 12.0. The van der Waals surface area contributed by atoms with E-state index in [1.807, 2.05) is 48.5 Å². The third-order valence-corrected chi connectivity index (χ3v) is 5.87. The molecule has 9 heteroatoms. The average molecular weight is 483 g/mol. The second-order valence-electron chi connectivity index (χ2n) is 8.44. The van der Waals surface area contributed by atoms with Gasteiger partial charge in [0.1, 0.15) is 6.61 Å². The zero-order valence-corrected chi connectivity index (χ0v) is 19.8. The Morgan fingerprint density at radius 1 is 0.971 bits per heavy atom. The lowest BCUT2D eigenvalue weighted by Gasteiger charge is -2.19. The van der Waals surface area contributed by atoms with Crippen molar-refractivity contribution in [1.82, 2.24) is 10.6 Å². The number of alkyl carbamates (subject to hydrolysis) is 1. The Kier molecular flexibility index (Phi) is 8.83. The van der Waals surface area contributed by atoms with Gasteiger partial charge in [-0.1, -0.05) is 55.5 Å². The van der Waals surface area contributed by atoms with Crippen LogP contribution in [0.5, 0.6) is 0 Å². The maximum Gasteiger partial charge on any atom is 0.408 e. The minimum absolute atomic E-state index is 0.0310. The minimum atomic E-state index is -1.59. The number of benzene rings is 2. The van der Waals surface area contributed by atoms with E-state index in [0.29, 0.717) is 6.42 Å². The largest absolute Gasteiger partial charge is 0.481 e. The van der Waals surface area contributed by atoms with Crippen LogP contribution in [-0.2, 0) is 23.9 Å². The summed E-state index contributed by atoms with van der Waals surface area (Å²) in [5, 5.41) is 13.7. The van der Waals surface area contributed by atoms with Crippen LogP contribution < -0.4 is 10.6 Å². The van der Waals surface area contributed by atoms with E-state index in [9.17, 15) is 19.2 Å². The van der Waals surface area contributed by atoms with Crippen molar-refractivity contribution in [2.45, 2.75) is 38.6 Å². The molecular formula is C26H30N2O7. The molecule has 0 aromatic heterocycles. The van der Waals surface area contributed by atoms with Crippen molar-refractivity contribution >= 4 is 23.9 Å². The molecule has 0 aliphatic heterocycles. The fourth-order valence-electron chi connectivity index (χ4n) is 4.06. The molecule has 0 saturated carbocycles. The average Bonchev–Trinajstić information content (AvgIpc) is 3.17. The standard InChI is InChI=1S/C26H30N2O7/c1-3-34-25(32)23(24(31)27-14-16(2)12-13-22(29)30)28-26(33)35-15-21-19-10-6-4-8-17(19)18-9-5-7-11-20(18)21/h4-11,16,21,23H,3,12-15H2,1-2H3,(H,27,31)(H,28,33)(H,29,30). The fourth-order valence-corrected chi connectivity index (χ4v) is 4.06. The molecular weight excluding hydrogens is 452 g/mol. The predicted molar refractivity (Wildman–Crippen MR) is 128 cm³/mol. The quantitative estimate of drug-likeness (QED) is 0.331. The predicted octanol–water partition coefficient (Wildman–Crippen LogP) is 3.07. The zero-order valence-electron chi connectivity index (χ0n) is 19.8. The van der Waals surface area contributed by atoms with Gasteiger partial charge in [-0.15, -0.1) is 0 Å². The maximum atomic E-state index is 12.6. The van der Waals surface area contributed by atoms with Crippen LogP contribution in [0.3, 0.4) is 0 Å². The van der Waals surface area contributed by atoms with Crippen LogP contribution in [0.25, 0.3) is 11.1 Å². The van der Waals surface area contributed by atoms with Crippen molar-refractivity contribution in [2.24, 2.45) is 5.92 Å². The lowest BCUT2D eigenvalue weighted by Crippen LogP contribution is -2.53. The van der Waals surface area contributed by atoms with Gasteiger partial charge in [-0.2, -0.15) is 0 Å². The molecule has 186 valence electrons. The summed E-state index contributed by atoms with van der Waals surface area (Å²) in [6, 6.07) is 14.2. The Morgan fingerprint density at radius 3 is 2.14 bits per heavy atom. The Morgan fingerprint density at radius 2 is 1.57 bits per heavy atom. The van der Waals surface area contributed by atoms with Gasteiger partial charge in [0, 0.05) is 18.9 Å². The minimum Gasteiger partial charge on any atom is -0.481 e. The molecule has 0 spiro atoms. The number of aliphatic carboxylic acids is 1. The fraction of sp³-hybridized carbons (Fsp3) is 0.385. The first-order valence-electron chi connectivity index (χ1n) is 11.6. The molecule has 0 saturated heterocycles. The van der Waals surface area contributed by atoms with Crippen molar-refractivity contribution in [3.63, 3.8) is 0 Å². The normalized spacial score (nSPS) is 13.7. The van der Waals surface area contributed by atoms with E-state index in [4.69, 9.17) is 14.6 Å². The molecule has 2 amide bonds. The highest BCUT2D eigenvalue weighted by atomic mass is 16.6. The molecule has 1 aliphatic carbocycles. The zero-order chi connectivity index (χ0) is 25.4. The highest BCUT2D eigenvalue weighted by Gasteiger charge is 2.32. The lowest BCUT2D eigenvalue weighted by molar-refractivity contribution is -0.149. The summed E-state index contributed by atoms with van der Waals surface area (Å²) in [4.78, 5) is 48.3. The van der Waals surface area contributed by atoms with E-state index in [1.165, 1.54) is 0 Å². The van der Waals surface area contributed by atoms with Crippen LogP contribution in [0.1, 0.15) is 43.7 Å². The van der Waals surface area contributed by atoms with E-state index in [0.717, 1.165) is 22.3 Å². The number of rotatable bonds is 11. The van der Waals surface area contributed by atoms with Gasteiger partial charge in [-0.25, -0.2) is 9.59 Å². The summed E-state index contributed by atoms with van der Waals surface area (Å²) in [5.41, 5.74) is 4.24. The Balaban J connectivity index is 1.61. The van der Waals surface area contributed by atoms with Crippen molar-refractivity contribution in [1.29, 1.82) is 0 Å². The molecule has 35 heavy (non-hydrogen) atoms. The number of carbonyl (C=O) groups is 4. The molecule has 3 rings (SSSR count). The lowest BCUT2D eigenvalue weighted by atomic mass is 9.98. The molecule has 0 heterocycles. The number of ether oxygens (including phenoxy) is 2. The van der Waals surface area contributed by atoms with Gasteiger partial charge in [-0.05, 0) is 41.5 Å².